The van der Waals surface area contributed by atoms with Crippen LogP contribution in [0.2, 0.25) is 0 Å². The van der Waals surface area contributed by atoms with Crippen LogP contribution < -0.4 is 5.32 Å². The van der Waals surface area contributed by atoms with Gasteiger partial charge in [0.15, 0.2) is 5.54 Å². The van der Waals surface area contributed by atoms with Crippen molar-refractivity contribution in [2.75, 3.05) is 13.7 Å². The van der Waals surface area contributed by atoms with E-state index >= 15 is 0 Å². The lowest BCUT2D eigenvalue weighted by Crippen LogP contribution is -2.56. The Kier molecular flexibility index (Phi) is 4.29. The van der Waals surface area contributed by atoms with E-state index in [-0.39, 0.29) is 18.4 Å². The lowest BCUT2D eigenvalue weighted by atomic mass is 10.0. The van der Waals surface area contributed by atoms with Crippen LogP contribution in [-0.4, -0.2) is 36.2 Å². The van der Waals surface area contributed by atoms with Crippen molar-refractivity contribution >= 4 is 11.9 Å². The molecule has 1 fully saturated rings. The van der Waals surface area contributed by atoms with Crippen LogP contribution in [0.25, 0.3) is 0 Å². The highest BCUT2D eigenvalue weighted by molar-refractivity contribution is 5.88. The number of methoxy groups -OCH3 is 1. The summed E-state index contributed by atoms with van der Waals surface area (Å²) in [6, 6.07) is 0. The van der Waals surface area contributed by atoms with Crippen LogP contribution in [0.5, 0.6) is 0 Å². The van der Waals surface area contributed by atoms with E-state index in [1.807, 2.05) is 0 Å². The number of hydrogen-bond donors (Lipinski definition) is 2. The SMILES string of the molecule is COCC(C)(NC(=O)C1CCCC1)C(=O)O. The van der Waals surface area contributed by atoms with Gasteiger partial charge in [-0.2, -0.15) is 0 Å². The molecule has 0 heterocycles. The number of ether oxygens (including phenoxy) is 1. The molecule has 0 aromatic rings. The molecule has 0 saturated heterocycles. The summed E-state index contributed by atoms with van der Waals surface area (Å²) in [6.45, 7) is 1.44. The highest BCUT2D eigenvalue weighted by atomic mass is 16.5. The molecule has 2 N–H and O–H groups in total. The van der Waals surface area contributed by atoms with Crippen LogP contribution in [0.4, 0.5) is 0 Å². The van der Waals surface area contributed by atoms with Crippen molar-refractivity contribution in [3.8, 4) is 0 Å². The maximum absolute atomic E-state index is 11.8. The largest absolute Gasteiger partial charge is 0.479 e. The minimum atomic E-state index is -1.32. The number of carbonyl (C=O) groups is 2. The van der Waals surface area contributed by atoms with Crippen LogP contribution in [0.1, 0.15) is 32.6 Å². The molecule has 0 radical (unpaired) electrons. The number of carboxylic acid groups (broad SMARTS) is 1. The Morgan fingerprint density at radius 2 is 2.00 bits per heavy atom. The third-order valence-electron chi connectivity index (χ3n) is 3.03. The molecule has 1 rings (SSSR count). The fraction of sp³-hybridized carbons (Fsp3) is 0.818. The van der Waals surface area contributed by atoms with Crippen molar-refractivity contribution in [2.24, 2.45) is 5.92 Å². The minimum absolute atomic E-state index is 0.0270. The second-order valence-electron chi connectivity index (χ2n) is 4.54. The predicted octanol–water partition coefficient (Wildman–Crippen LogP) is 0.782. The van der Waals surface area contributed by atoms with E-state index < -0.39 is 11.5 Å². The second kappa shape index (κ2) is 5.30. The van der Waals surface area contributed by atoms with Gasteiger partial charge in [0.1, 0.15) is 0 Å². The summed E-state index contributed by atoms with van der Waals surface area (Å²) in [6.07, 6.45) is 3.81. The summed E-state index contributed by atoms with van der Waals surface area (Å²) in [7, 11) is 1.42. The standard InChI is InChI=1S/C11H19NO4/c1-11(7-16-2,10(14)15)12-9(13)8-5-3-4-6-8/h8H,3-7H2,1-2H3,(H,12,13)(H,14,15). The first-order valence-corrected chi connectivity index (χ1v) is 5.54. The maximum Gasteiger partial charge on any atom is 0.331 e. The van der Waals surface area contributed by atoms with Crippen LogP contribution in [0, 0.1) is 5.92 Å². The molecule has 16 heavy (non-hydrogen) atoms. The summed E-state index contributed by atoms with van der Waals surface area (Å²) >= 11 is 0. The van der Waals surface area contributed by atoms with E-state index in [0.29, 0.717) is 0 Å². The molecule has 0 bridgehead atoms. The van der Waals surface area contributed by atoms with E-state index in [9.17, 15) is 9.59 Å². The molecular formula is C11H19NO4. The average molecular weight is 229 g/mol. The van der Waals surface area contributed by atoms with E-state index in [1.54, 1.807) is 0 Å². The Balaban J connectivity index is 2.60. The van der Waals surface area contributed by atoms with Gasteiger partial charge in [-0.25, -0.2) is 4.79 Å². The predicted molar refractivity (Wildman–Crippen MR) is 58.0 cm³/mol. The zero-order chi connectivity index (χ0) is 12.2. The fourth-order valence-electron chi connectivity index (χ4n) is 2.00. The van der Waals surface area contributed by atoms with Crippen LogP contribution >= 0.6 is 0 Å². The normalized spacial score (nSPS) is 20.4. The Bertz CT molecular complexity index is 273. The van der Waals surface area contributed by atoms with Gasteiger partial charge in [-0.1, -0.05) is 12.8 Å². The molecule has 0 aromatic heterocycles. The Hall–Kier alpha value is -1.10. The average Bonchev–Trinajstić information content (AvgIpc) is 2.70. The van der Waals surface area contributed by atoms with Crippen LogP contribution in [0.3, 0.4) is 0 Å². The molecule has 0 spiro atoms. The molecule has 1 aliphatic rings. The van der Waals surface area contributed by atoms with Gasteiger partial charge in [-0.3, -0.25) is 4.79 Å². The number of carboxylic acids is 1. The lowest BCUT2D eigenvalue weighted by Gasteiger charge is -2.26. The highest BCUT2D eigenvalue weighted by Crippen LogP contribution is 2.25. The van der Waals surface area contributed by atoms with Crippen LogP contribution in [0.15, 0.2) is 0 Å². The minimum Gasteiger partial charge on any atom is -0.479 e. The van der Waals surface area contributed by atoms with Crippen molar-refractivity contribution in [2.45, 2.75) is 38.1 Å². The van der Waals surface area contributed by atoms with Gasteiger partial charge < -0.3 is 15.2 Å². The molecule has 1 unspecified atom stereocenters. The number of carbonyl (C=O) groups excluding carboxylic acids is 1. The topological polar surface area (TPSA) is 75.6 Å². The van der Waals surface area contributed by atoms with Gasteiger partial charge >= 0.3 is 5.97 Å². The smallest absolute Gasteiger partial charge is 0.331 e. The van der Waals surface area contributed by atoms with Crippen LogP contribution in [-0.2, 0) is 14.3 Å². The summed E-state index contributed by atoms with van der Waals surface area (Å²) in [5.74, 6) is -1.27. The first kappa shape index (κ1) is 13.0. The van der Waals surface area contributed by atoms with Gasteiger partial charge in [-0.05, 0) is 19.8 Å². The Labute approximate surface area is 95.2 Å². The summed E-state index contributed by atoms with van der Waals surface area (Å²) in [5.41, 5.74) is -1.32. The number of hydrogen-bond acceptors (Lipinski definition) is 3. The second-order valence-corrected chi connectivity index (χ2v) is 4.54. The molecule has 1 saturated carbocycles. The highest BCUT2D eigenvalue weighted by Gasteiger charge is 2.37. The summed E-state index contributed by atoms with van der Waals surface area (Å²) < 4.78 is 4.84. The molecular weight excluding hydrogens is 210 g/mol. The monoisotopic (exact) mass is 229 g/mol. The molecule has 0 aromatic carbocycles. The van der Waals surface area contributed by atoms with Gasteiger partial charge in [0, 0.05) is 13.0 Å². The third-order valence-corrected chi connectivity index (χ3v) is 3.03. The zero-order valence-corrected chi connectivity index (χ0v) is 9.78. The quantitative estimate of drug-likeness (QED) is 0.730. The zero-order valence-electron chi connectivity index (χ0n) is 9.78. The Morgan fingerprint density at radius 1 is 1.44 bits per heavy atom. The maximum atomic E-state index is 11.8. The van der Waals surface area contributed by atoms with Gasteiger partial charge in [0.2, 0.25) is 5.91 Å². The number of aliphatic carboxylic acids is 1. The molecule has 1 atom stereocenters. The van der Waals surface area contributed by atoms with E-state index in [2.05, 4.69) is 5.32 Å². The number of rotatable bonds is 5. The van der Waals surface area contributed by atoms with Crippen molar-refractivity contribution in [1.29, 1.82) is 0 Å². The van der Waals surface area contributed by atoms with Gasteiger partial charge in [0.05, 0.1) is 6.61 Å². The van der Waals surface area contributed by atoms with Crippen molar-refractivity contribution in [3.05, 3.63) is 0 Å². The molecule has 1 aliphatic carbocycles. The van der Waals surface area contributed by atoms with Crippen molar-refractivity contribution in [3.63, 3.8) is 0 Å². The van der Waals surface area contributed by atoms with E-state index in [1.165, 1.54) is 14.0 Å². The molecule has 5 heteroatoms. The third kappa shape index (κ3) is 2.95. The van der Waals surface area contributed by atoms with Crippen molar-refractivity contribution < 1.29 is 19.4 Å². The van der Waals surface area contributed by atoms with Crippen molar-refractivity contribution in [1.82, 2.24) is 5.32 Å². The first-order valence-electron chi connectivity index (χ1n) is 5.54. The number of amides is 1. The first-order chi connectivity index (χ1) is 7.49. The summed E-state index contributed by atoms with van der Waals surface area (Å²) in [5, 5.41) is 11.6. The molecule has 0 aliphatic heterocycles. The van der Waals surface area contributed by atoms with Gasteiger partial charge in [-0.15, -0.1) is 0 Å². The molecule has 1 amide bonds. The summed E-state index contributed by atoms with van der Waals surface area (Å²) in [4.78, 5) is 22.9. The van der Waals surface area contributed by atoms with E-state index in [4.69, 9.17) is 9.84 Å². The fourth-order valence-corrected chi connectivity index (χ4v) is 2.00. The lowest BCUT2D eigenvalue weighted by molar-refractivity contribution is -0.149. The Morgan fingerprint density at radius 3 is 2.44 bits per heavy atom. The molecule has 5 nitrogen and oxygen atoms in total. The number of nitrogens with one attached hydrogen (secondary N) is 1. The van der Waals surface area contributed by atoms with E-state index in [0.717, 1.165) is 25.7 Å². The van der Waals surface area contributed by atoms with Gasteiger partial charge in [0.25, 0.3) is 0 Å². The molecule has 92 valence electrons.